The average molecular weight is 606 g/mol. The van der Waals surface area contributed by atoms with E-state index in [1.807, 2.05) is 57.9 Å². The van der Waals surface area contributed by atoms with E-state index in [0.717, 1.165) is 24.8 Å². The Bertz CT molecular complexity index is 948. The lowest BCUT2D eigenvalue weighted by Crippen LogP contribution is -2.53. The van der Waals surface area contributed by atoms with Crippen molar-refractivity contribution in [2.45, 2.75) is 104 Å². The van der Waals surface area contributed by atoms with E-state index < -0.39 is 18.1 Å². The van der Waals surface area contributed by atoms with E-state index in [0.29, 0.717) is 19.5 Å². The number of likely N-dealkylation sites (N-methyl/N-ethyl adjacent to an activating group) is 1. The van der Waals surface area contributed by atoms with Gasteiger partial charge in [0.1, 0.15) is 0 Å². The predicted molar refractivity (Wildman–Crippen MR) is 172 cm³/mol. The highest BCUT2D eigenvalue weighted by molar-refractivity contribution is 5.80. The molecule has 5 unspecified atom stereocenters. The number of carbonyl (C=O) groups excluding carboxylic acids is 3. The summed E-state index contributed by atoms with van der Waals surface area (Å²) in [6.45, 7) is 16.7. The van der Waals surface area contributed by atoms with E-state index in [4.69, 9.17) is 14.2 Å². The summed E-state index contributed by atoms with van der Waals surface area (Å²) in [5.41, 5.74) is 0.906. The SMILES string of the molecule is C=C/C=C(\C=C/C)[C@@H](CNC(=O)C(C)C(OC)[C@@H]1CCCN1C(=O)CC(OC)C(C(C)CC)N(C)C(=O)CC(C)C)OC. The molecule has 0 spiro atoms. The number of methoxy groups -OCH3 is 3. The molecule has 0 bridgehead atoms. The summed E-state index contributed by atoms with van der Waals surface area (Å²) in [5.74, 6) is -0.267. The third-order valence-corrected chi connectivity index (χ3v) is 8.67. The van der Waals surface area contributed by atoms with Crippen molar-refractivity contribution in [3.05, 3.63) is 36.5 Å². The second kappa shape index (κ2) is 19.7. The van der Waals surface area contributed by atoms with Gasteiger partial charge in [-0.05, 0) is 37.2 Å². The molecule has 3 amide bonds. The lowest BCUT2D eigenvalue weighted by Gasteiger charge is -2.39. The van der Waals surface area contributed by atoms with Crippen LogP contribution in [0.15, 0.2) is 36.5 Å². The van der Waals surface area contributed by atoms with Gasteiger partial charge in [-0.3, -0.25) is 14.4 Å². The summed E-state index contributed by atoms with van der Waals surface area (Å²) in [6.07, 6.45) is 9.17. The molecule has 0 aromatic rings. The first kappa shape index (κ1) is 38.5. The lowest BCUT2D eigenvalue weighted by molar-refractivity contribution is -0.146. The largest absolute Gasteiger partial charge is 0.379 e. The summed E-state index contributed by atoms with van der Waals surface area (Å²) >= 11 is 0. The minimum Gasteiger partial charge on any atom is -0.379 e. The summed E-state index contributed by atoms with van der Waals surface area (Å²) in [5, 5.41) is 3.01. The molecule has 43 heavy (non-hydrogen) atoms. The molecule has 9 nitrogen and oxygen atoms in total. The van der Waals surface area contributed by atoms with Gasteiger partial charge in [-0.1, -0.05) is 71.9 Å². The minimum absolute atomic E-state index is 0.0491. The van der Waals surface area contributed by atoms with Gasteiger partial charge in [0.15, 0.2) is 0 Å². The van der Waals surface area contributed by atoms with Crippen LogP contribution in [0.1, 0.15) is 73.6 Å². The van der Waals surface area contributed by atoms with Crippen molar-refractivity contribution >= 4 is 17.7 Å². The quantitative estimate of drug-likeness (QED) is 0.213. The zero-order valence-electron chi connectivity index (χ0n) is 28.4. The second-order valence-electron chi connectivity index (χ2n) is 12.1. The molecule has 0 aromatic heterocycles. The Morgan fingerprint density at radius 2 is 1.74 bits per heavy atom. The Balaban J connectivity index is 3.07. The first-order chi connectivity index (χ1) is 20.4. The van der Waals surface area contributed by atoms with E-state index in [9.17, 15) is 14.4 Å². The van der Waals surface area contributed by atoms with Crippen LogP contribution in [0.2, 0.25) is 0 Å². The number of likely N-dealkylation sites (tertiary alicyclic amines) is 1. The Morgan fingerprint density at radius 3 is 2.26 bits per heavy atom. The second-order valence-corrected chi connectivity index (χ2v) is 12.1. The van der Waals surface area contributed by atoms with Gasteiger partial charge in [0.05, 0.1) is 42.7 Å². The minimum atomic E-state index is -0.500. The molecule has 1 saturated heterocycles. The number of amides is 3. The van der Waals surface area contributed by atoms with Crippen molar-refractivity contribution in [3.63, 3.8) is 0 Å². The number of carbonyl (C=O) groups is 3. The highest BCUT2D eigenvalue weighted by Crippen LogP contribution is 2.29. The molecule has 1 rings (SSSR count). The third kappa shape index (κ3) is 11.2. The number of ether oxygens (including phenoxy) is 3. The molecule has 9 heteroatoms. The zero-order valence-corrected chi connectivity index (χ0v) is 28.4. The first-order valence-electron chi connectivity index (χ1n) is 15.8. The van der Waals surface area contributed by atoms with E-state index >= 15 is 0 Å². The van der Waals surface area contributed by atoms with Gasteiger partial charge in [-0.2, -0.15) is 0 Å². The van der Waals surface area contributed by atoms with Crippen molar-refractivity contribution < 1.29 is 28.6 Å². The van der Waals surface area contributed by atoms with Gasteiger partial charge < -0.3 is 29.3 Å². The molecule has 246 valence electrons. The van der Waals surface area contributed by atoms with Crippen LogP contribution >= 0.6 is 0 Å². The summed E-state index contributed by atoms with van der Waals surface area (Å²) in [7, 11) is 6.63. The van der Waals surface area contributed by atoms with E-state index in [-0.39, 0.29) is 54.2 Å². The van der Waals surface area contributed by atoms with Gasteiger partial charge >= 0.3 is 0 Å². The van der Waals surface area contributed by atoms with Gasteiger partial charge in [0.2, 0.25) is 17.7 Å². The molecule has 0 aromatic carbocycles. The number of nitrogens with zero attached hydrogens (tertiary/aromatic N) is 2. The maximum atomic E-state index is 13.8. The highest BCUT2D eigenvalue weighted by atomic mass is 16.5. The van der Waals surface area contributed by atoms with Crippen LogP contribution in [0.3, 0.4) is 0 Å². The molecule has 1 aliphatic rings. The molecule has 1 fully saturated rings. The van der Waals surface area contributed by atoms with Gasteiger partial charge in [-0.15, -0.1) is 0 Å². The molecule has 0 saturated carbocycles. The van der Waals surface area contributed by atoms with Crippen LogP contribution in [0.25, 0.3) is 0 Å². The van der Waals surface area contributed by atoms with Crippen LogP contribution < -0.4 is 5.32 Å². The van der Waals surface area contributed by atoms with Crippen molar-refractivity contribution in [2.24, 2.45) is 17.8 Å². The van der Waals surface area contributed by atoms with Crippen molar-refractivity contribution in [1.82, 2.24) is 15.1 Å². The molecule has 7 atom stereocenters. The molecular formula is C34H59N3O6. The smallest absolute Gasteiger partial charge is 0.225 e. The van der Waals surface area contributed by atoms with E-state index in [1.165, 1.54) is 0 Å². The molecule has 1 N–H and O–H groups in total. The van der Waals surface area contributed by atoms with E-state index in [1.54, 1.807) is 32.3 Å². The summed E-state index contributed by atoms with van der Waals surface area (Å²) in [6, 6.07) is -0.471. The Hall–Kier alpha value is -2.49. The Labute approximate surface area is 261 Å². The zero-order chi connectivity index (χ0) is 32.7. The molecule has 1 aliphatic heterocycles. The number of hydrogen-bond donors (Lipinski definition) is 1. The normalized spacial score (nSPS) is 20.0. The van der Waals surface area contributed by atoms with Crippen LogP contribution in [0.5, 0.6) is 0 Å². The fourth-order valence-electron chi connectivity index (χ4n) is 6.11. The Morgan fingerprint density at radius 1 is 1.07 bits per heavy atom. The van der Waals surface area contributed by atoms with Crippen molar-refractivity contribution in [1.29, 1.82) is 0 Å². The number of allylic oxidation sites excluding steroid dienone is 3. The van der Waals surface area contributed by atoms with Gasteiger partial charge in [-0.25, -0.2) is 0 Å². The van der Waals surface area contributed by atoms with Gasteiger partial charge in [0.25, 0.3) is 0 Å². The highest BCUT2D eigenvalue weighted by Gasteiger charge is 2.42. The third-order valence-electron chi connectivity index (χ3n) is 8.67. The standard InChI is InChI=1S/C34H59N3O6/c1-12-16-26(17-13-2)29(42-10)22-35-34(40)25(7)33(43-11)27-18-15-19-37(27)31(39)21-28(41-9)32(24(6)14-3)36(8)30(38)20-23(4)5/h12-13,16-17,23-25,27-29,32-33H,1,14-15,18-22H2,2-11H3,(H,35,40)/b17-13-,26-16+/t24?,25?,27-,28?,29+,32?,33?/m0/s1. The molecule has 1 heterocycles. The van der Waals surface area contributed by atoms with Crippen LogP contribution in [-0.2, 0) is 28.6 Å². The van der Waals surface area contributed by atoms with Crippen molar-refractivity contribution in [3.8, 4) is 0 Å². The molecule has 0 aliphatic carbocycles. The fraction of sp³-hybridized carbons (Fsp3) is 0.735. The van der Waals surface area contributed by atoms with Crippen LogP contribution in [0.4, 0.5) is 0 Å². The van der Waals surface area contributed by atoms with Crippen LogP contribution in [-0.4, -0.2) is 99.4 Å². The monoisotopic (exact) mass is 605 g/mol. The van der Waals surface area contributed by atoms with E-state index in [2.05, 4.69) is 25.7 Å². The molecule has 0 radical (unpaired) electrons. The van der Waals surface area contributed by atoms with Gasteiger partial charge in [0, 0.05) is 47.9 Å². The number of rotatable bonds is 19. The lowest BCUT2D eigenvalue weighted by atomic mass is 9.90. The number of nitrogens with one attached hydrogen (secondary N) is 1. The maximum absolute atomic E-state index is 13.8. The Kier molecular flexibility index (Phi) is 17.7. The molecular weight excluding hydrogens is 546 g/mol. The summed E-state index contributed by atoms with van der Waals surface area (Å²) in [4.78, 5) is 43.8. The topological polar surface area (TPSA) is 97.4 Å². The predicted octanol–water partition coefficient (Wildman–Crippen LogP) is 4.77. The first-order valence-corrected chi connectivity index (χ1v) is 15.8. The van der Waals surface area contributed by atoms with Crippen molar-refractivity contribution in [2.75, 3.05) is 41.5 Å². The average Bonchev–Trinajstić information content (AvgIpc) is 3.46. The maximum Gasteiger partial charge on any atom is 0.225 e. The number of hydrogen-bond acceptors (Lipinski definition) is 6. The summed E-state index contributed by atoms with van der Waals surface area (Å²) < 4.78 is 17.4. The van der Waals surface area contributed by atoms with Crippen LogP contribution in [0, 0.1) is 17.8 Å². The fourth-order valence-corrected chi connectivity index (χ4v) is 6.11.